The van der Waals surface area contributed by atoms with Gasteiger partial charge < -0.3 is 9.84 Å². The summed E-state index contributed by atoms with van der Waals surface area (Å²) in [6.07, 6.45) is 3.93. The lowest BCUT2D eigenvalue weighted by Gasteiger charge is -2.15. The van der Waals surface area contributed by atoms with Crippen LogP contribution in [0, 0.1) is 5.92 Å². The lowest BCUT2D eigenvalue weighted by atomic mass is 10.0. The van der Waals surface area contributed by atoms with Gasteiger partial charge in [-0.3, -0.25) is 4.98 Å². The molecule has 0 aliphatic rings. The maximum absolute atomic E-state index is 12.3. The minimum Gasteiger partial charge on any atom is -0.494 e. The third kappa shape index (κ3) is 4.26. The molecule has 0 saturated heterocycles. The van der Waals surface area contributed by atoms with Crippen molar-refractivity contribution in [1.82, 2.24) is 9.71 Å². The predicted octanol–water partition coefficient (Wildman–Crippen LogP) is 1.28. The first-order chi connectivity index (χ1) is 10.6. The number of nitrogens with zero attached hydrogens (tertiary/aromatic N) is 1. The highest BCUT2D eigenvalue weighted by atomic mass is 32.2. The monoisotopic (exact) mass is 342 g/mol. The fraction of sp³-hybridized carbons (Fsp3) is 0.357. The summed E-state index contributed by atoms with van der Waals surface area (Å²) in [5.74, 6) is 0.107. The van der Waals surface area contributed by atoms with Crippen LogP contribution in [-0.4, -0.2) is 38.8 Å². The van der Waals surface area contributed by atoms with Crippen LogP contribution < -0.4 is 9.46 Å². The molecule has 8 heteroatoms. The lowest BCUT2D eigenvalue weighted by molar-refractivity contribution is 0.227. The molecule has 0 aromatic carbocycles. The number of pyridine rings is 1. The van der Waals surface area contributed by atoms with Gasteiger partial charge in [-0.1, -0.05) is 6.07 Å². The summed E-state index contributed by atoms with van der Waals surface area (Å²) in [5.41, 5.74) is 0.953. The molecule has 0 aliphatic heterocycles. The Morgan fingerprint density at radius 3 is 2.91 bits per heavy atom. The number of hydrogen-bond donors (Lipinski definition) is 2. The van der Waals surface area contributed by atoms with Crippen molar-refractivity contribution in [2.24, 2.45) is 5.92 Å². The van der Waals surface area contributed by atoms with Crippen molar-refractivity contribution in [2.45, 2.75) is 10.6 Å². The average molecular weight is 342 g/mol. The van der Waals surface area contributed by atoms with E-state index < -0.39 is 10.0 Å². The SMILES string of the molecule is COc1ccsc1S(=O)(=O)NC[C@@H](CO)Cc1cccnc1. The van der Waals surface area contributed by atoms with Gasteiger partial charge in [0.15, 0.2) is 4.21 Å². The molecule has 0 saturated carbocycles. The maximum Gasteiger partial charge on any atom is 0.253 e. The first-order valence-electron chi connectivity index (χ1n) is 6.67. The zero-order valence-corrected chi connectivity index (χ0v) is 13.7. The molecule has 2 aromatic heterocycles. The number of rotatable bonds is 8. The summed E-state index contributed by atoms with van der Waals surface area (Å²) in [6, 6.07) is 5.31. The van der Waals surface area contributed by atoms with Gasteiger partial charge in [0, 0.05) is 25.5 Å². The van der Waals surface area contributed by atoms with Crippen LogP contribution in [0.3, 0.4) is 0 Å². The van der Waals surface area contributed by atoms with Crippen molar-refractivity contribution in [1.29, 1.82) is 0 Å². The minimum atomic E-state index is -3.64. The molecule has 1 atom stereocenters. The summed E-state index contributed by atoms with van der Waals surface area (Å²) in [6.45, 7) is 0.0355. The van der Waals surface area contributed by atoms with Gasteiger partial charge >= 0.3 is 0 Å². The number of sulfonamides is 1. The van der Waals surface area contributed by atoms with Crippen molar-refractivity contribution in [3.63, 3.8) is 0 Å². The third-order valence-corrected chi connectivity index (χ3v) is 6.00. The second-order valence-corrected chi connectivity index (χ2v) is 7.62. The molecular formula is C14H18N2O4S2. The maximum atomic E-state index is 12.3. The quantitative estimate of drug-likeness (QED) is 0.754. The van der Waals surface area contributed by atoms with Crippen molar-refractivity contribution in [3.05, 3.63) is 41.5 Å². The Morgan fingerprint density at radius 2 is 2.27 bits per heavy atom. The topological polar surface area (TPSA) is 88.5 Å². The standard InChI is InChI=1S/C14H18N2O4S2/c1-20-13-4-6-21-14(13)22(18,19)16-9-12(10-17)7-11-3-2-5-15-8-11/h2-6,8,12,16-17H,7,9-10H2,1H3/t12-/m0/s1. The second-order valence-electron chi connectivity index (χ2n) is 4.74. The van der Waals surface area contributed by atoms with E-state index >= 15 is 0 Å². The summed E-state index contributed by atoms with van der Waals surface area (Å²) in [4.78, 5) is 4.01. The number of aliphatic hydroxyl groups excluding tert-OH is 1. The smallest absolute Gasteiger partial charge is 0.253 e. The normalized spacial score (nSPS) is 13.0. The van der Waals surface area contributed by atoms with E-state index in [0.717, 1.165) is 16.9 Å². The fourth-order valence-electron chi connectivity index (χ4n) is 1.98. The Hall–Kier alpha value is -1.48. The van der Waals surface area contributed by atoms with E-state index in [9.17, 15) is 13.5 Å². The van der Waals surface area contributed by atoms with Crippen molar-refractivity contribution < 1.29 is 18.3 Å². The van der Waals surface area contributed by atoms with E-state index in [1.165, 1.54) is 7.11 Å². The van der Waals surface area contributed by atoms with Crippen LogP contribution in [-0.2, 0) is 16.4 Å². The highest BCUT2D eigenvalue weighted by Crippen LogP contribution is 2.29. The number of hydrogen-bond acceptors (Lipinski definition) is 6. The predicted molar refractivity (Wildman–Crippen MR) is 84.6 cm³/mol. The van der Waals surface area contributed by atoms with Gasteiger partial charge in [-0.2, -0.15) is 0 Å². The fourth-order valence-corrected chi connectivity index (χ4v) is 4.41. The Labute approximate surface area is 133 Å². The number of ether oxygens (including phenoxy) is 1. The molecule has 2 rings (SSSR count). The lowest BCUT2D eigenvalue weighted by Crippen LogP contribution is -2.31. The Kier molecular flexibility index (Phi) is 5.90. The largest absolute Gasteiger partial charge is 0.494 e. The van der Waals surface area contributed by atoms with Crippen LogP contribution in [0.25, 0.3) is 0 Å². The van der Waals surface area contributed by atoms with Crippen molar-refractivity contribution >= 4 is 21.4 Å². The summed E-state index contributed by atoms with van der Waals surface area (Å²) in [7, 11) is -2.21. The van der Waals surface area contributed by atoms with Crippen LogP contribution in [0.2, 0.25) is 0 Å². The molecule has 0 radical (unpaired) electrons. The molecule has 22 heavy (non-hydrogen) atoms. The van der Waals surface area contributed by atoms with Crippen LogP contribution in [0.1, 0.15) is 5.56 Å². The summed E-state index contributed by atoms with van der Waals surface area (Å²) in [5, 5.41) is 11.1. The van der Waals surface area contributed by atoms with E-state index in [4.69, 9.17) is 4.74 Å². The van der Waals surface area contributed by atoms with Gasteiger partial charge in [0.05, 0.1) is 7.11 Å². The molecule has 0 bridgehead atoms. The molecule has 2 aromatic rings. The van der Waals surface area contributed by atoms with Crippen LogP contribution in [0.5, 0.6) is 5.75 Å². The second kappa shape index (κ2) is 7.68. The van der Waals surface area contributed by atoms with E-state index in [-0.39, 0.29) is 23.3 Å². The number of nitrogens with one attached hydrogen (secondary N) is 1. The molecule has 0 aliphatic carbocycles. The van der Waals surface area contributed by atoms with Gasteiger partial charge in [-0.15, -0.1) is 11.3 Å². The summed E-state index contributed by atoms with van der Waals surface area (Å²) >= 11 is 1.10. The number of aromatic nitrogens is 1. The van der Waals surface area contributed by atoms with Gasteiger partial charge in [-0.25, -0.2) is 13.1 Å². The molecule has 0 fully saturated rings. The molecule has 6 nitrogen and oxygen atoms in total. The van der Waals surface area contributed by atoms with E-state index in [1.807, 2.05) is 12.1 Å². The molecule has 0 unspecified atom stereocenters. The van der Waals surface area contributed by atoms with Gasteiger partial charge in [0.1, 0.15) is 5.75 Å². The van der Waals surface area contributed by atoms with E-state index in [2.05, 4.69) is 9.71 Å². The summed E-state index contributed by atoms with van der Waals surface area (Å²) < 4.78 is 32.3. The van der Waals surface area contributed by atoms with Gasteiger partial charge in [-0.05, 0) is 35.4 Å². The van der Waals surface area contributed by atoms with Crippen molar-refractivity contribution in [2.75, 3.05) is 20.3 Å². The number of thiophene rings is 1. The van der Waals surface area contributed by atoms with E-state index in [1.54, 1.807) is 23.8 Å². The minimum absolute atomic E-state index is 0.112. The van der Waals surface area contributed by atoms with Gasteiger partial charge in [0.25, 0.3) is 10.0 Å². The molecule has 2 N–H and O–H groups in total. The molecule has 120 valence electrons. The molecular weight excluding hydrogens is 324 g/mol. The molecule has 2 heterocycles. The highest BCUT2D eigenvalue weighted by molar-refractivity contribution is 7.91. The van der Waals surface area contributed by atoms with E-state index in [0.29, 0.717) is 12.2 Å². The first kappa shape index (κ1) is 16.9. The first-order valence-corrected chi connectivity index (χ1v) is 9.04. The zero-order chi connectivity index (χ0) is 16.0. The molecule has 0 spiro atoms. The van der Waals surface area contributed by atoms with Crippen molar-refractivity contribution in [3.8, 4) is 5.75 Å². The average Bonchev–Trinajstić information content (AvgIpc) is 3.02. The third-order valence-electron chi connectivity index (χ3n) is 3.13. The highest BCUT2D eigenvalue weighted by Gasteiger charge is 2.22. The van der Waals surface area contributed by atoms with Crippen LogP contribution >= 0.6 is 11.3 Å². The molecule has 0 amide bonds. The van der Waals surface area contributed by atoms with Gasteiger partial charge in [0.2, 0.25) is 0 Å². The zero-order valence-electron chi connectivity index (χ0n) is 12.1. The van der Waals surface area contributed by atoms with Crippen LogP contribution in [0.4, 0.5) is 0 Å². The number of aliphatic hydroxyl groups is 1. The Morgan fingerprint density at radius 1 is 1.45 bits per heavy atom. The number of methoxy groups -OCH3 is 1. The Balaban J connectivity index is 2.01. The Bertz CT molecular complexity index is 686. The van der Waals surface area contributed by atoms with Crippen LogP contribution in [0.15, 0.2) is 40.2 Å².